The van der Waals surface area contributed by atoms with Crippen molar-refractivity contribution in [3.8, 4) is 5.88 Å². The van der Waals surface area contributed by atoms with Gasteiger partial charge in [-0.05, 0) is 6.92 Å². The van der Waals surface area contributed by atoms with E-state index in [9.17, 15) is 5.11 Å². The topological polar surface area (TPSA) is 81.3 Å². The lowest BCUT2D eigenvalue weighted by Crippen LogP contribution is -2.25. The third-order valence-electron chi connectivity index (χ3n) is 1.66. The first kappa shape index (κ1) is 9.88. The maximum Gasteiger partial charge on any atom is 0.231 e. The maximum atomic E-state index is 9.49. The Morgan fingerprint density at radius 3 is 2.54 bits per heavy atom. The molecule has 0 saturated heterocycles. The van der Waals surface area contributed by atoms with Crippen LogP contribution < -0.4 is 10.5 Å². The molecule has 0 aliphatic carbocycles. The number of ether oxygens (including phenoxy) is 1. The van der Waals surface area contributed by atoms with Crippen molar-refractivity contribution >= 4 is 0 Å². The Morgan fingerprint density at radius 1 is 1.46 bits per heavy atom. The minimum atomic E-state index is -0.779. The fourth-order valence-corrected chi connectivity index (χ4v) is 0.854. The molecule has 0 aromatic carbocycles. The average molecular weight is 183 g/mol. The molecule has 1 heterocycles. The van der Waals surface area contributed by atoms with Crippen molar-refractivity contribution in [1.29, 1.82) is 0 Å². The van der Waals surface area contributed by atoms with E-state index in [1.165, 1.54) is 19.5 Å². The summed E-state index contributed by atoms with van der Waals surface area (Å²) in [5.74, 6) is 0.417. The van der Waals surface area contributed by atoms with Gasteiger partial charge in [-0.2, -0.15) is 0 Å². The molecule has 72 valence electrons. The molecule has 0 fully saturated rings. The van der Waals surface area contributed by atoms with Crippen molar-refractivity contribution in [1.82, 2.24) is 9.97 Å². The van der Waals surface area contributed by atoms with Crippen molar-refractivity contribution < 1.29 is 9.84 Å². The second-order valence-corrected chi connectivity index (χ2v) is 2.79. The molecule has 0 spiro atoms. The van der Waals surface area contributed by atoms with E-state index < -0.39 is 6.10 Å². The summed E-state index contributed by atoms with van der Waals surface area (Å²) in [7, 11) is 1.51. The monoisotopic (exact) mass is 183 g/mol. The van der Waals surface area contributed by atoms with E-state index in [0.717, 1.165) is 0 Å². The Kier molecular flexibility index (Phi) is 3.16. The van der Waals surface area contributed by atoms with Crippen molar-refractivity contribution in [2.75, 3.05) is 7.11 Å². The van der Waals surface area contributed by atoms with Crippen LogP contribution >= 0.6 is 0 Å². The lowest BCUT2D eigenvalue weighted by Gasteiger charge is -2.12. The molecule has 1 aromatic rings. The van der Waals surface area contributed by atoms with Crippen LogP contribution in [-0.2, 0) is 0 Å². The Labute approximate surface area is 76.6 Å². The van der Waals surface area contributed by atoms with Gasteiger partial charge in [0.2, 0.25) is 5.88 Å². The molecule has 13 heavy (non-hydrogen) atoms. The van der Waals surface area contributed by atoms with Crippen molar-refractivity contribution in [3.05, 3.63) is 18.1 Å². The summed E-state index contributed by atoms with van der Waals surface area (Å²) in [6, 6.07) is -0.359. The molecule has 0 aliphatic rings. The van der Waals surface area contributed by atoms with Gasteiger partial charge in [-0.3, -0.25) is 4.98 Å². The lowest BCUT2D eigenvalue weighted by atomic mass is 10.1. The SMILES string of the molecule is COc1cnc(C(O)C(C)N)cn1. The Balaban J connectivity index is 2.79. The largest absolute Gasteiger partial charge is 0.480 e. The van der Waals surface area contributed by atoms with Crippen LogP contribution in [0.25, 0.3) is 0 Å². The minimum absolute atomic E-state index is 0.359. The molecule has 1 aromatic heterocycles. The predicted octanol–water partition coefficient (Wildman–Crippen LogP) is -0.134. The van der Waals surface area contributed by atoms with Crippen LogP contribution in [-0.4, -0.2) is 28.2 Å². The highest BCUT2D eigenvalue weighted by Crippen LogP contribution is 2.13. The first-order chi connectivity index (χ1) is 6.15. The molecule has 0 aliphatic heterocycles. The van der Waals surface area contributed by atoms with E-state index in [2.05, 4.69) is 9.97 Å². The van der Waals surface area contributed by atoms with Gasteiger partial charge in [0, 0.05) is 6.04 Å². The zero-order valence-electron chi connectivity index (χ0n) is 7.64. The number of hydrogen-bond acceptors (Lipinski definition) is 5. The molecule has 5 nitrogen and oxygen atoms in total. The van der Waals surface area contributed by atoms with Crippen LogP contribution in [0.1, 0.15) is 18.7 Å². The summed E-state index contributed by atoms with van der Waals surface area (Å²) in [6.07, 6.45) is 2.12. The van der Waals surface area contributed by atoms with E-state index in [1.54, 1.807) is 6.92 Å². The molecule has 2 atom stereocenters. The van der Waals surface area contributed by atoms with Gasteiger partial charge in [-0.1, -0.05) is 0 Å². The van der Waals surface area contributed by atoms with Crippen molar-refractivity contribution in [2.45, 2.75) is 19.1 Å². The molecular formula is C8H13N3O2. The van der Waals surface area contributed by atoms with E-state index in [1.807, 2.05) is 0 Å². The van der Waals surface area contributed by atoms with E-state index in [4.69, 9.17) is 10.5 Å². The standard InChI is InChI=1S/C8H13N3O2/c1-5(9)8(12)6-3-11-7(13-2)4-10-6/h3-5,8,12H,9H2,1-2H3. The van der Waals surface area contributed by atoms with Crippen molar-refractivity contribution in [2.24, 2.45) is 5.73 Å². The van der Waals surface area contributed by atoms with Crippen LogP contribution in [0.3, 0.4) is 0 Å². The van der Waals surface area contributed by atoms with Crippen LogP contribution in [0.4, 0.5) is 0 Å². The van der Waals surface area contributed by atoms with Gasteiger partial charge in [0.15, 0.2) is 0 Å². The quantitative estimate of drug-likeness (QED) is 0.682. The summed E-state index contributed by atoms with van der Waals surface area (Å²) in [5, 5.41) is 9.49. The van der Waals surface area contributed by atoms with Crippen molar-refractivity contribution in [3.63, 3.8) is 0 Å². The second kappa shape index (κ2) is 4.15. The molecule has 0 bridgehead atoms. The van der Waals surface area contributed by atoms with Gasteiger partial charge < -0.3 is 15.6 Å². The minimum Gasteiger partial charge on any atom is -0.480 e. The Morgan fingerprint density at radius 2 is 2.15 bits per heavy atom. The molecule has 2 unspecified atom stereocenters. The zero-order valence-corrected chi connectivity index (χ0v) is 7.64. The molecule has 5 heteroatoms. The smallest absolute Gasteiger partial charge is 0.231 e. The Hall–Kier alpha value is -1.20. The number of aliphatic hydroxyl groups excluding tert-OH is 1. The summed E-state index contributed by atoms with van der Waals surface area (Å²) in [4.78, 5) is 7.85. The van der Waals surface area contributed by atoms with E-state index >= 15 is 0 Å². The highest BCUT2D eigenvalue weighted by molar-refractivity contribution is 5.09. The van der Waals surface area contributed by atoms with Gasteiger partial charge in [0.25, 0.3) is 0 Å². The summed E-state index contributed by atoms with van der Waals surface area (Å²) in [5.41, 5.74) is 5.94. The lowest BCUT2D eigenvalue weighted by molar-refractivity contribution is 0.148. The zero-order chi connectivity index (χ0) is 9.84. The number of methoxy groups -OCH3 is 1. The number of aliphatic hydroxyl groups is 1. The van der Waals surface area contributed by atoms with Crippen LogP contribution in [0.2, 0.25) is 0 Å². The Bertz CT molecular complexity index is 261. The van der Waals surface area contributed by atoms with E-state index in [0.29, 0.717) is 11.6 Å². The molecular weight excluding hydrogens is 170 g/mol. The molecule has 0 radical (unpaired) electrons. The highest BCUT2D eigenvalue weighted by Gasteiger charge is 2.13. The molecule has 0 amide bonds. The second-order valence-electron chi connectivity index (χ2n) is 2.79. The van der Waals surface area contributed by atoms with Crippen LogP contribution in [0.15, 0.2) is 12.4 Å². The number of aromatic nitrogens is 2. The number of nitrogens with zero attached hydrogens (tertiary/aromatic N) is 2. The first-order valence-corrected chi connectivity index (χ1v) is 3.94. The maximum absolute atomic E-state index is 9.49. The van der Waals surface area contributed by atoms with E-state index in [-0.39, 0.29) is 6.04 Å². The number of rotatable bonds is 3. The summed E-state index contributed by atoms with van der Waals surface area (Å²) < 4.78 is 4.82. The predicted molar refractivity (Wildman–Crippen MR) is 47.2 cm³/mol. The van der Waals surface area contributed by atoms with Gasteiger partial charge in [0.05, 0.1) is 25.2 Å². The molecule has 1 rings (SSSR count). The fraction of sp³-hybridized carbons (Fsp3) is 0.500. The number of nitrogens with two attached hydrogens (primary N) is 1. The fourth-order valence-electron chi connectivity index (χ4n) is 0.854. The van der Waals surface area contributed by atoms with Gasteiger partial charge in [-0.15, -0.1) is 0 Å². The normalized spacial score (nSPS) is 15.1. The molecule has 0 saturated carbocycles. The van der Waals surface area contributed by atoms with Gasteiger partial charge in [0.1, 0.15) is 6.10 Å². The molecule has 3 N–H and O–H groups in total. The third-order valence-corrected chi connectivity index (χ3v) is 1.66. The van der Waals surface area contributed by atoms with Gasteiger partial charge >= 0.3 is 0 Å². The van der Waals surface area contributed by atoms with Crippen LogP contribution in [0.5, 0.6) is 5.88 Å². The highest BCUT2D eigenvalue weighted by atomic mass is 16.5. The first-order valence-electron chi connectivity index (χ1n) is 3.94. The average Bonchev–Trinajstić information content (AvgIpc) is 2.17. The van der Waals surface area contributed by atoms with Gasteiger partial charge in [-0.25, -0.2) is 4.98 Å². The summed E-state index contributed by atoms with van der Waals surface area (Å²) in [6.45, 7) is 1.70. The number of hydrogen-bond donors (Lipinski definition) is 2. The third kappa shape index (κ3) is 2.37. The van der Waals surface area contributed by atoms with Crippen LogP contribution in [0, 0.1) is 0 Å². The summed E-state index contributed by atoms with van der Waals surface area (Å²) >= 11 is 0.